The summed E-state index contributed by atoms with van der Waals surface area (Å²) >= 11 is 0. The Labute approximate surface area is 169 Å². The molecule has 1 aliphatic rings. The van der Waals surface area contributed by atoms with Gasteiger partial charge in [-0.05, 0) is 38.5 Å². The average Bonchev–Trinajstić information content (AvgIpc) is 2.94. The van der Waals surface area contributed by atoms with Gasteiger partial charge in [-0.25, -0.2) is 9.63 Å². The van der Waals surface area contributed by atoms with Crippen LogP contribution in [-0.2, 0) is 25.7 Å². The van der Waals surface area contributed by atoms with Gasteiger partial charge in [0.2, 0.25) is 6.10 Å². The highest BCUT2D eigenvalue weighted by Crippen LogP contribution is 2.24. The van der Waals surface area contributed by atoms with Crippen molar-refractivity contribution in [2.75, 3.05) is 6.61 Å². The Balaban J connectivity index is 1.72. The Hall–Kier alpha value is -3.03. The fourth-order valence-electron chi connectivity index (χ4n) is 2.68. The first-order chi connectivity index (χ1) is 13.8. The van der Waals surface area contributed by atoms with E-state index in [1.807, 2.05) is 51.1 Å². The zero-order valence-corrected chi connectivity index (χ0v) is 16.6. The standard InChI is InChI=1S/C22H23NO6/c1-22(2,3)28-14-18(21(26)27-13-15-9-5-4-6-10-15)29-23-19(24)16-11-7-8-12-17(16)20(23)25/h4-12,18H,13-14H2,1-3H3/t18-/m1/s1. The molecule has 1 heterocycles. The second-order valence-corrected chi connectivity index (χ2v) is 7.56. The van der Waals surface area contributed by atoms with Gasteiger partial charge in [0.25, 0.3) is 11.8 Å². The highest BCUT2D eigenvalue weighted by atomic mass is 16.7. The number of nitrogens with zero attached hydrogens (tertiary/aromatic N) is 1. The molecule has 29 heavy (non-hydrogen) atoms. The van der Waals surface area contributed by atoms with Crippen LogP contribution in [0.5, 0.6) is 0 Å². The van der Waals surface area contributed by atoms with Gasteiger partial charge in [0.15, 0.2) is 0 Å². The summed E-state index contributed by atoms with van der Waals surface area (Å²) in [6.45, 7) is 5.33. The Morgan fingerprint density at radius 3 is 2.03 bits per heavy atom. The molecular weight excluding hydrogens is 374 g/mol. The van der Waals surface area contributed by atoms with E-state index in [2.05, 4.69) is 0 Å². The van der Waals surface area contributed by atoms with Crippen molar-refractivity contribution in [2.45, 2.75) is 39.1 Å². The number of hydrogen-bond donors (Lipinski definition) is 0. The van der Waals surface area contributed by atoms with Crippen molar-refractivity contribution in [1.29, 1.82) is 0 Å². The van der Waals surface area contributed by atoms with Crippen LogP contribution < -0.4 is 0 Å². The third-order valence-corrected chi connectivity index (χ3v) is 4.14. The summed E-state index contributed by atoms with van der Waals surface area (Å²) in [7, 11) is 0. The minimum absolute atomic E-state index is 0.0389. The van der Waals surface area contributed by atoms with Crippen molar-refractivity contribution in [3.05, 3.63) is 71.3 Å². The number of carbonyl (C=O) groups is 3. The van der Waals surface area contributed by atoms with Gasteiger partial charge >= 0.3 is 5.97 Å². The molecule has 0 spiro atoms. The maximum atomic E-state index is 12.6. The zero-order chi connectivity index (χ0) is 21.0. The van der Waals surface area contributed by atoms with E-state index >= 15 is 0 Å². The van der Waals surface area contributed by atoms with Gasteiger partial charge in [0.05, 0.1) is 23.3 Å². The molecule has 7 nitrogen and oxygen atoms in total. The van der Waals surface area contributed by atoms with Crippen molar-refractivity contribution < 1.29 is 28.7 Å². The van der Waals surface area contributed by atoms with Crippen LogP contribution in [0.15, 0.2) is 54.6 Å². The molecule has 3 rings (SSSR count). The molecule has 0 fully saturated rings. The maximum Gasteiger partial charge on any atom is 0.340 e. The highest BCUT2D eigenvalue weighted by Gasteiger charge is 2.40. The van der Waals surface area contributed by atoms with Crippen LogP contribution in [0.1, 0.15) is 47.1 Å². The van der Waals surface area contributed by atoms with E-state index in [1.54, 1.807) is 12.1 Å². The summed E-state index contributed by atoms with van der Waals surface area (Å²) in [5, 5.41) is 0.602. The SMILES string of the molecule is CC(C)(C)OC[C@@H](ON1C(=O)c2ccccc2C1=O)C(=O)OCc1ccccc1. The molecule has 0 saturated carbocycles. The molecule has 0 aromatic heterocycles. The van der Waals surface area contributed by atoms with Crippen molar-refractivity contribution in [1.82, 2.24) is 5.06 Å². The molecule has 0 N–H and O–H groups in total. The number of hydrogen-bond acceptors (Lipinski definition) is 6. The molecule has 1 aliphatic heterocycles. The number of rotatable bonds is 7. The average molecular weight is 397 g/mol. The fraction of sp³-hybridized carbons (Fsp3) is 0.318. The molecule has 2 aromatic rings. The van der Waals surface area contributed by atoms with E-state index in [9.17, 15) is 14.4 Å². The number of hydroxylamine groups is 2. The molecule has 0 unspecified atom stereocenters. The Morgan fingerprint density at radius 1 is 0.931 bits per heavy atom. The Morgan fingerprint density at radius 2 is 1.48 bits per heavy atom. The number of amides is 2. The molecule has 0 aliphatic carbocycles. The summed E-state index contributed by atoms with van der Waals surface area (Å²) in [4.78, 5) is 43.2. The van der Waals surface area contributed by atoms with Gasteiger partial charge in [0.1, 0.15) is 6.61 Å². The van der Waals surface area contributed by atoms with Crippen LogP contribution in [0, 0.1) is 0 Å². The second kappa shape index (κ2) is 8.55. The first kappa shape index (κ1) is 20.7. The summed E-state index contributed by atoms with van der Waals surface area (Å²) in [6.07, 6.45) is -1.28. The molecule has 0 saturated heterocycles. The third kappa shape index (κ3) is 5.07. The van der Waals surface area contributed by atoms with Gasteiger partial charge < -0.3 is 9.47 Å². The van der Waals surface area contributed by atoms with Crippen LogP contribution in [0.3, 0.4) is 0 Å². The molecule has 7 heteroatoms. The van der Waals surface area contributed by atoms with E-state index in [4.69, 9.17) is 14.3 Å². The first-order valence-electron chi connectivity index (χ1n) is 9.25. The van der Waals surface area contributed by atoms with Crippen LogP contribution >= 0.6 is 0 Å². The van der Waals surface area contributed by atoms with Gasteiger partial charge in [-0.2, -0.15) is 0 Å². The van der Waals surface area contributed by atoms with E-state index in [1.165, 1.54) is 12.1 Å². The number of imide groups is 1. The lowest BCUT2D eigenvalue weighted by atomic mass is 10.1. The summed E-state index contributed by atoms with van der Waals surface area (Å²) in [5.74, 6) is -1.97. The van der Waals surface area contributed by atoms with Crippen molar-refractivity contribution >= 4 is 17.8 Å². The maximum absolute atomic E-state index is 12.6. The monoisotopic (exact) mass is 397 g/mol. The highest BCUT2D eigenvalue weighted by molar-refractivity contribution is 6.20. The number of esters is 1. The number of carbonyl (C=O) groups excluding carboxylic acids is 3. The number of fused-ring (bicyclic) bond motifs is 1. The van der Waals surface area contributed by atoms with Crippen LogP contribution in [-0.4, -0.2) is 41.2 Å². The van der Waals surface area contributed by atoms with Gasteiger partial charge in [0, 0.05) is 0 Å². The van der Waals surface area contributed by atoms with E-state index in [-0.39, 0.29) is 24.3 Å². The van der Waals surface area contributed by atoms with Crippen molar-refractivity contribution in [2.24, 2.45) is 0 Å². The third-order valence-electron chi connectivity index (χ3n) is 4.14. The first-order valence-corrected chi connectivity index (χ1v) is 9.25. The fourth-order valence-corrected chi connectivity index (χ4v) is 2.68. The predicted molar refractivity (Wildman–Crippen MR) is 104 cm³/mol. The lowest BCUT2D eigenvalue weighted by molar-refractivity contribution is -0.195. The summed E-state index contributed by atoms with van der Waals surface area (Å²) in [5.41, 5.74) is 0.705. The number of ether oxygens (including phenoxy) is 2. The molecular formula is C22H23NO6. The lowest BCUT2D eigenvalue weighted by Gasteiger charge is -2.25. The van der Waals surface area contributed by atoms with Gasteiger partial charge in [-0.3, -0.25) is 9.59 Å². The number of benzene rings is 2. The normalized spacial score (nSPS) is 14.7. The van der Waals surface area contributed by atoms with Gasteiger partial charge in [-0.15, -0.1) is 5.06 Å². The van der Waals surface area contributed by atoms with Crippen molar-refractivity contribution in [3.63, 3.8) is 0 Å². The minimum Gasteiger partial charge on any atom is -0.459 e. The predicted octanol–water partition coefficient (Wildman–Crippen LogP) is 3.14. The topological polar surface area (TPSA) is 82.1 Å². The van der Waals surface area contributed by atoms with Gasteiger partial charge in [-0.1, -0.05) is 42.5 Å². The molecule has 2 aromatic carbocycles. The van der Waals surface area contributed by atoms with Crippen LogP contribution in [0.4, 0.5) is 0 Å². The summed E-state index contributed by atoms with van der Waals surface area (Å²) in [6, 6.07) is 15.5. The molecule has 1 atom stereocenters. The van der Waals surface area contributed by atoms with Crippen LogP contribution in [0.2, 0.25) is 0 Å². The van der Waals surface area contributed by atoms with E-state index in [0.29, 0.717) is 5.06 Å². The zero-order valence-electron chi connectivity index (χ0n) is 16.6. The Kier molecular flexibility index (Phi) is 6.10. The lowest BCUT2D eigenvalue weighted by Crippen LogP contribution is -2.42. The smallest absolute Gasteiger partial charge is 0.340 e. The molecule has 2 amide bonds. The molecule has 0 radical (unpaired) electrons. The quantitative estimate of drug-likeness (QED) is 0.527. The van der Waals surface area contributed by atoms with E-state index < -0.39 is 29.5 Å². The molecule has 0 bridgehead atoms. The van der Waals surface area contributed by atoms with E-state index in [0.717, 1.165) is 5.56 Å². The second-order valence-electron chi connectivity index (χ2n) is 7.56. The summed E-state index contributed by atoms with van der Waals surface area (Å²) < 4.78 is 11.0. The van der Waals surface area contributed by atoms with Crippen LogP contribution in [0.25, 0.3) is 0 Å². The Bertz CT molecular complexity index is 868. The van der Waals surface area contributed by atoms with Crippen molar-refractivity contribution in [3.8, 4) is 0 Å². The largest absolute Gasteiger partial charge is 0.459 e. The minimum atomic E-state index is -1.28. The molecule has 152 valence electrons.